The van der Waals surface area contributed by atoms with Crippen LogP contribution in [-0.4, -0.2) is 32.8 Å². The van der Waals surface area contributed by atoms with Crippen molar-refractivity contribution in [2.24, 2.45) is 0 Å². The molecule has 120 valence electrons. The van der Waals surface area contributed by atoms with Crippen LogP contribution in [0, 0.1) is 6.92 Å². The molecule has 2 aromatic heterocycles. The Morgan fingerprint density at radius 1 is 1.04 bits per heavy atom. The van der Waals surface area contributed by atoms with E-state index in [4.69, 9.17) is 0 Å². The quantitative estimate of drug-likeness (QED) is 0.739. The zero-order valence-electron chi connectivity index (χ0n) is 13.3. The monoisotopic (exact) mass is 319 g/mol. The van der Waals surface area contributed by atoms with E-state index in [1.54, 1.807) is 23.1 Å². The number of hydrogen-bond donors (Lipinski definition) is 0. The summed E-state index contributed by atoms with van der Waals surface area (Å²) < 4.78 is 1.59. The molecule has 6 heteroatoms. The average molecular weight is 319 g/mol. The van der Waals surface area contributed by atoms with Gasteiger partial charge in [0.2, 0.25) is 0 Å². The minimum absolute atomic E-state index is 0.0661. The molecule has 4 rings (SSSR count). The van der Waals surface area contributed by atoms with Crippen LogP contribution in [0.3, 0.4) is 0 Å². The summed E-state index contributed by atoms with van der Waals surface area (Å²) in [5.41, 5.74) is 2.68. The van der Waals surface area contributed by atoms with Crippen LogP contribution in [0.5, 0.6) is 0 Å². The third-order valence-corrected chi connectivity index (χ3v) is 4.22. The molecule has 0 amide bonds. The number of benzene rings is 1. The summed E-state index contributed by atoms with van der Waals surface area (Å²) in [5, 5.41) is 4.55. The van der Waals surface area contributed by atoms with Crippen LogP contribution in [0.25, 0.3) is 11.3 Å². The van der Waals surface area contributed by atoms with E-state index in [0.717, 1.165) is 35.9 Å². The van der Waals surface area contributed by atoms with E-state index in [1.807, 2.05) is 43.3 Å². The average Bonchev–Trinajstić information content (AvgIpc) is 2.56. The standard InChI is InChI=1S/C18H17N5O/c1-13-9-17(20-12-19-13)22-10-15(11-22)23-18(24)8-7-16(21-23)14-5-3-2-4-6-14/h2-9,12,15H,10-11H2,1H3. The summed E-state index contributed by atoms with van der Waals surface area (Å²) in [6, 6.07) is 15.3. The molecule has 3 aromatic rings. The Labute approximate surface area is 139 Å². The molecule has 0 bridgehead atoms. The Morgan fingerprint density at radius 3 is 2.58 bits per heavy atom. The van der Waals surface area contributed by atoms with E-state index in [9.17, 15) is 4.79 Å². The van der Waals surface area contributed by atoms with E-state index < -0.39 is 0 Å². The molecular formula is C18H17N5O. The summed E-state index contributed by atoms with van der Waals surface area (Å²) in [6.45, 7) is 3.39. The van der Waals surface area contributed by atoms with Gasteiger partial charge in [-0.05, 0) is 13.0 Å². The normalized spacial score (nSPS) is 14.5. The van der Waals surface area contributed by atoms with Crippen molar-refractivity contribution in [2.75, 3.05) is 18.0 Å². The van der Waals surface area contributed by atoms with Crippen molar-refractivity contribution in [1.82, 2.24) is 19.7 Å². The molecule has 1 aliphatic rings. The molecule has 0 saturated carbocycles. The Hall–Kier alpha value is -3.02. The van der Waals surface area contributed by atoms with Crippen molar-refractivity contribution in [3.63, 3.8) is 0 Å². The van der Waals surface area contributed by atoms with Gasteiger partial charge in [0.25, 0.3) is 5.56 Å². The number of aromatic nitrogens is 4. The van der Waals surface area contributed by atoms with Gasteiger partial charge in [-0.3, -0.25) is 4.79 Å². The highest BCUT2D eigenvalue weighted by Gasteiger charge is 2.31. The highest BCUT2D eigenvalue weighted by molar-refractivity contribution is 5.57. The van der Waals surface area contributed by atoms with E-state index in [2.05, 4.69) is 20.0 Å². The lowest BCUT2D eigenvalue weighted by Crippen LogP contribution is -2.51. The van der Waals surface area contributed by atoms with Crippen LogP contribution in [0.4, 0.5) is 5.82 Å². The molecule has 1 saturated heterocycles. The number of aryl methyl sites for hydroxylation is 1. The fourth-order valence-corrected chi connectivity index (χ4v) is 2.86. The predicted octanol–water partition coefficient (Wildman–Crippen LogP) is 2.07. The van der Waals surface area contributed by atoms with Crippen LogP contribution >= 0.6 is 0 Å². The second-order valence-electron chi connectivity index (χ2n) is 5.94. The van der Waals surface area contributed by atoms with Crippen molar-refractivity contribution in [1.29, 1.82) is 0 Å². The van der Waals surface area contributed by atoms with E-state index in [-0.39, 0.29) is 11.6 Å². The molecule has 1 aliphatic heterocycles. The molecule has 3 heterocycles. The maximum atomic E-state index is 12.2. The lowest BCUT2D eigenvalue weighted by molar-refractivity contribution is 0.352. The van der Waals surface area contributed by atoms with Gasteiger partial charge in [-0.15, -0.1) is 0 Å². The van der Waals surface area contributed by atoms with Gasteiger partial charge in [-0.1, -0.05) is 30.3 Å². The Kier molecular flexibility index (Phi) is 3.57. The predicted molar refractivity (Wildman–Crippen MR) is 92.0 cm³/mol. The molecule has 0 aliphatic carbocycles. The number of hydrogen-bond acceptors (Lipinski definition) is 5. The van der Waals surface area contributed by atoms with Gasteiger partial charge in [0.15, 0.2) is 0 Å². The molecular weight excluding hydrogens is 302 g/mol. The summed E-state index contributed by atoms with van der Waals surface area (Å²) >= 11 is 0. The number of rotatable bonds is 3. The Balaban J connectivity index is 1.57. The molecule has 0 radical (unpaired) electrons. The molecule has 0 spiro atoms. The highest BCUT2D eigenvalue weighted by atomic mass is 16.1. The van der Waals surface area contributed by atoms with Gasteiger partial charge >= 0.3 is 0 Å². The minimum atomic E-state index is -0.0711. The van der Waals surface area contributed by atoms with Gasteiger partial charge < -0.3 is 4.90 Å². The molecule has 1 fully saturated rings. The third kappa shape index (κ3) is 2.67. The molecule has 1 aromatic carbocycles. The summed E-state index contributed by atoms with van der Waals surface area (Å²) in [6.07, 6.45) is 1.57. The van der Waals surface area contributed by atoms with Crippen molar-refractivity contribution >= 4 is 5.82 Å². The first-order valence-corrected chi connectivity index (χ1v) is 7.89. The maximum Gasteiger partial charge on any atom is 0.267 e. The van der Waals surface area contributed by atoms with Gasteiger partial charge in [-0.25, -0.2) is 14.6 Å². The zero-order chi connectivity index (χ0) is 16.5. The first kappa shape index (κ1) is 14.6. The fraction of sp³-hybridized carbons (Fsp3) is 0.222. The smallest absolute Gasteiger partial charge is 0.267 e. The van der Waals surface area contributed by atoms with Crippen LogP contribution in [0.15, 0.2) is 59.7 Å². The largest absolute Gasteiger partial charge is 0.352 e. The Morgan fingerprint density at radius 2 is 1.83 bits per heavy atom. The minimum Gasteiger partial charge on any atom is -0.352 e. The van der Waals surface area contributed by atoms with Gasteiger partial charge in [0.05, 0.1) is 11.7 Å². The van der Waals surface area contributed by atoms with E-state index >= 15 is 0 Å². The van der Waals surface area contributed by atoms with Crippen molar-refractivity contribution in [2.45, 2.75) is 13.0 Å². The molecule has 0 atom stereocenters. The van der Waals surface area contributed by atoms with Crippen LogP contribution < -0.4 is 10.5 Å². The van der Waals surface area contributed by atoms with E-state index in [1.165, 1.54) is 0 Å². The lowest BCUT2D eigenvalue weighted by Gasteiger charge is -2.40. The van der Waals surface area contributed by atoms with Crippen LogP contribution in [0.2, 0.25) is 0 Å². The maximum absolute atomic E-state index is 12.2. The van der Waals surface area contributed by atoms with E-state index in [0.29, 0.717) is 0 Å². The summed E-state index contributed by atoms with van der Waals surface area (Å²) in [7, 11) is 0. The topological polar surface area (TPSA) is 63.9 Å². The van der Waals surface area contributed by atoms with Crippen molar-refractivity contribution < 1.29 is 0 Å². The molecule has 0 N–H and O–H groups in total. The van der Waals surface area contributed by atoms with Gasteiger partial charge in [-0.2, -0.15) is 5.10 Å². The van der Waals surface area contributed by atoms with Crippen molar-refractivity contribution in [3.05, 3.63) is 70.9 Å². The summed E-state index contributed by atoms with van der Waals surface area (Å²) in [5.74, 6) is 0.894. The highest BCUT2D eigenvalue weighted by Crippen LogP contribution is 2.25. The zero-order valence-corrected chi connectivity index (χ0v) is 13.3. The Bertz CT molecular complexity index is 916. The lowest BCUT2D eigenvalue weighted by atomic mass is 10.1. The molecule has 0 unspecified atom stereocenters. The molecule has 24 heavy (non-hydrogen) atoms. The van der Waals surface area contributed by atoms with Crippen LogP contribution in [0.1, 0.15) is 11.7 Å². The SMILES string of the molecule is Cc1cc(N2CC(n3nc(-c4ccccc4)ccc3=O)C2)ncn1. The second-order valence-corrected chi connectivity index (χ2v) is 5.94. The van der Waals surface area contributed by atoms with Crippen LogP contribution in [-0.2, 0) is 0 Å². The number of nitrogens with zero attached hydrogens (tertiary/aromatic N) is 5. The van der Waals surface area contributed by atoms with Gasteiger partial charge in [0.1, 0.15) is 12.1 Å². The number of anilines is 1. The van der Waals surface area contributed by atoms with Crippen molar-refractivity contribution in [3.8, 4) is 11.3 Å². The second kappa shape index (κ2) is 5.88. The fourth-order valence-electron chi connectivity index (χ4n) is 2.86. The third-order valence-electron chi connectivity index (χ3n) is 4.22. The first-order valence-electron chi connectivity index (χ1n) is 7.89. The first-order chi connectivity index (χ1) is 11.7. The van der Waals surface area contributed by atoms with Gasteiger partial charge in [0, 0.05) is 36.5 Å². The molecule has 6 nitrogen and oxygen atoms in total. The summed E-state index contributed by atoms with van der Waals surface area (Å²) in [4.78, 5) is 22.7.